The molecule has 1 N–H and O–H groups in total. The van der Waals surface area contributed by atoms with E-state index in [1.165, 1.54) is 11.1 Å². The predicted molar refractivity (Wildman–Crippen MR) is 135 cm³/mol. The number of hydrogen-bond donors (Lipinski definition) is 1. The van der Waals surface area contributed by atoms with Crippen molar-refractivity contribution >= 4 is 29.9 Å². The highest BCUT2D eigenvalue weighted by molar-refractivity contribution is 14.0. The van der Waals surface area contributed by atoms with E-state index in [0.29, 0.717) is 23.8 Å². The molecule has 8 nitrogen and oxygen atoms in total. The highest BCUT2D eigenvalue weighted by atomic mass is 127. The third-order valence-electron chi connectivity index (χ3n) is 5.47. The number of methoxy groups -OCH3 is 5. The Hall–Kier alpha value is -2.56. The SMILES string of the molecule is CN=C(NCc1c(OC)cc(OC)cc1OC)N1CCc2cc(OC)c(OC)cc2C1.I. The largest absolute Gasteiger partial charge is 0.496 e. The van der Waals surface area contributed by atoms with Crippen molar-refractivity contribution in [2.24, 2.45) is 4.99 Å². The number of ether oxygens (including phenoxy) is 5. The molecule has 0 bridgehead atoms. The maximum absolute atomic E-state index is 5.56. The fourth-order valence-corrected chi connectivity index (χ4v) is 3.82. The second kappa shape index (κ2) is 11.9. The van der Waals surface area contributed by atoms with Gasteiger partial charge >= 0.3 is 0 Å². The molecule has 2 aromatic rings. The molecular formula is C23H32IN3O5. The zero-order chi connectivity index (χ0) is 22.4. The number of guanidine groups is 1. The van der Waals surface area contributed by atoms with Gasteiger partial charge in [0.2, 0.25) is 0 Å². The quantitative estimate of drug-likeness (QED) is 0.318. The minimum atomic E-state index is 0. The smallest absolute Gasteiger partial charge is 0.194 e. The molecule has 0 fully saturated rings. The van der Waals surface area contributed by atoms with Gasteiger partial charge in [0.25, 0.3) is 0 Å². The molecular weight excluding hydrogens is 525 g/mol. The van der Waals surface area contributed by atoms with Gasteiger partial charge in [-0.25, -0.2) is 0 Å². The second-order valence-electron chi connectivity index (χ2n) is 7.06. The van der Waals surface area contributed by atoms with Crippen LogP contribution in [0.3, 0.4) is 0 Å². The van der Waals surface area contributed by atoms with Gasteiger partial charge in [0.05, 0.1) is 47.7 Å². The summed E-state index contributed by atoms with van der Waals surface area (Å²) in [6, 6.07) is 7.80. The molecule has 1 aliphatic heterocycles. The van der Waals surface area contributed by atoms with Crippen LogP contribution in [0.25, 0.3) is 0 Å². The molecule has 0 saturated carbocycles. The van der Waals surface area contributed by atoms with Crippen LogP contribution in [0.1, 0.15) is 16.7 Å². The van der Waals surface area contributed by atoms with Crippen molar-refractivity contribution in [1.29, 1.82) is 0 Å². The summed E-state index contributed by atoms with van der Waals surface area (Å²) >= 11 is 0. The molecule has 0 radical (unpaired) electrons. The molecule has 1 heterocycles. The van der Waals surface area contributed by atoms with Gasteiger partial charge in [-0.05, 0) is 29.7 Å². The van der Waals surface area contributed by atoms with Crippen molar-refractivity contribution in [3.05, 3.63) is 41.0 Å². The molecule has 0 aromatic heterocycles. The molecule has 32 heavy (non-hydrogen) atoms. The topological polar surface area (TPSA) is 73.8 Å². The van der Waals surface area contributed by atoms with E-state index in [4.69, 9.17) is 23.7 Å². The van der Waals surface area contributed by atoms with Crippen molar-refractivity contribution in [1.82, 2.24) is 10.2 Å². The van der Waals surface area contributed by atoms with Crippen LogP contribution < -0.4 is 29.0 Å². The van der Waals surface area contributed by atoms with Crippen molar-refractivity contribution in [3.63, 3.8) is 0 Å². The van der Waals surface area contributed by atoms with Gasteiger partial charge in [-0.3, -0.25) is 4.99 Å². The number of fused-ring (bicyclic) bond motifs is 1. The number of nitrogens with zero attached hydrogens (tertiary/aromatic N) is 2. The second-order valence-corrected chi connectivity index (χ2v) is 7.06. The first-order chi connectivity index (χ1) is 15.1. The van der Waals surface area contributed by atoms with Crippen LogP contribution in [0.2, 0.25) is 0 Å². The monoisotopic (exact) mass is 557 g/mol. The molecule has 9 heteroatoms. The van der Waals surface area contributed by atoms with Gasteiger partial charge in [-0.1, -0.05) is 0 Å². The lowest BCUT2D eigenvalue weighted by Crippen LogP contribution is -2.43. The zero-order valence-corrected chi connectivity index (χ0v) is 21.8. The van der Waals surface area contributed by atoms with Gasteiger partial charge in [-0.15, -0.1) is 24.0 Å². The Morgan fingerprint density at radius 3 is 1.91 bits per heavy atom. The number of aliphatic imine (C=N–C) groups is 1. The lowest BCUT2D eigenvalue weighted by molar-refractivity contribution is 0.345. The van der Waals surface area contributed by atoms with E-state index in [9.17, 15) is 0 Å². The van der Waals surface area contributed by atoms with E-state index in [0.717, 1.165) is 42.5 Å². The Kier molecular flexibility index (Phi) is 9.55. The Labute approximate surface area is 206 Å². The fraction of sp³-hybridized carbons (Fsp3) is 0.435. The van der Waals surface area contributed by atoms with Gasteiger partial charge in [0.15, 0.2) is 17.5 Å². The van der Waals surface area contributed by atoms with Gasteiger partial charge in [0, 0.05) is 32.3 Å². The highest BCUT2D eigenvalue weighted by Gasteiger charge is 2.22. The fourth-order valence-electron chi connectivity index (χ4n) is 3.82. The summed E-state index contributed by atoms with van der Waals surface area (Å²) in [4.78, 5) is 6.71. The number of rotatable bonds is 7. The first-order valence-electron chi connectivity index (χ1n) is 10.1. The summed E-state index contributed by atoms with van der Waals surface area (Å²) in [6.07, 6.45) is 0.894. The van der Waals surface area contributed by atoms with Crippen LogP contribution in [0.4, 0.5) is 0 Å². The Morgan fingerprint density at radius 1 is 0.844 bits per heavy atom. The van der Waals surface area contributed by atoms with E-state index < -0.39 is 0 Å². The van der Waals surface area contributed by atoms with Crippen molar-refractivity contribution < 1.29 is 23.7 Å². The van der Waals surface area contributed by atoms with Gasteiger partial charge in [-0.2, -0.15) is 0 Å². The van der Waals surface area contributed by atoms with Crippen LogP contribution in [-0.2, 0) is 19.5 Å². The first kappa shape index (κ1) is 25.7. The number of hydrogen-bond acceptors (Lipinski definition) is 6. The van der Waals surface area contributed by atoms with Crippen molar-refractivity contribution in [3.8, 4) is 28.7 Å². The van der Waals surface area contributed by atoms with E-state index in [-0.39, 0.29) is 24.0 Å². The minimum Gasteiger partial charge on any atom is -0.496 e. The normalized spacial score (nSPS) is 12.9. The molecule has 0 saturated heterocycles. The van der Waals surface area contributed by atoms with Crippen LogP contribution >= 0.6 is 24.0 Å². The Morgan fingerprint density at radius 2 is 1.41 bits per heavy atom. The van der Waals surface area contributed by atoms with E-state index in [2.05, 4.69) is 21.3 Å². The summed E-state index contributed by atoms with van der Waals surface area (Å²) in [5.41, 5.74) is 3.37. The minimum absolute atomic E-state index is 0. The number of benzene rings is 2. The van der Waals surface area contributed by atoms with E-state index >= 15 is 0 Å². The molecule has 0 amide bonds. The van der Waals surface area contributed by atoms with Crippen LogP contribution in [-0.4, -0.2) is 60.0 Å². The maximum atomic E-state index is 5.56. The average Bonchev–Trinajstić information content (AvgIpc) is 2.82. The van der Waals surface area contributed by atoms with Crippen molar-refractivity contribution in [2.45, 2.75) is 19.5 Å². The summed E-state index contributed by atoms with van der Waals surface area (Å²) in [5, 5.41) is 3.44. The van der Waals surface area contributed by atoms with E-state index in [1.54, 1.807) is 42.6 Å². The summed E-state index contributed by atoms with van der Waals surface area (Å²) < 4.78 is 27.4. The van der Waals surface area contributed by atoms with Gasteiger partial charge in [0.1, 0.15) is 17.2 Å². The molecule has 1 aliphatic rings. The molecule has 2 aromatic carbocycles. The number of halogens is 1. The van der Waals surface area contributed by atoms with Gasteiger partial charge < -0.3 is 33.9 Å². The number of nitrogens with one attached hydrogen (secondary N) is 1. The molecule has 0 unspecified atom stereocenters. The van der Waals surface area contributed by atoms with E-state index in [1.807, 2.05) is 18.2 Å². The third kappa shape index (κ3) is 5.43. The molecule has 0 spiro atoms. The molecule has 3 rings (SSSR count). The third-order valence-corrected chi connectivity index (χ3v) is 5.47. The molecule has 0 atom stereocenters. The molecule has 0 aliphatic carbocycles. The average molecular weight is 557 g/mol. The maximum Gasteiger partial charge on any atom is 0.194 e. The Bertz CT molecular complexity index is 926. The lowest BCUT2D eigenvalue weighted by Gasteiger charge is -2.32. The van der Waals surface area contributed by atoms with Crippen LogP contribution in [0.5, 0.6) is 28.7 Å². The van der Waals surface area contributed by atoms with Crippen molar-refractivity contribution in [2.75, 3.05) is 49.1 Å². The summed E-state index contributed by atoms with van der Waals surface area (Å²) in [6.45, 7) is 2.07. The van der Waals surface area contributed by atoms with Crippen LogP contribution in [0, 0.1) is 0 Å². The Balaban J connectivity index is 0.00000363. The lowest BCUT2D eigenvalue weighted by atomic mass is 9.99. The standard InChI is InChI=1S/C23H31N3O5.HI/c1-24-23(25-13-18-19(28-3)11-17(27-2)12-20(18)29-4)26-8-7-15-9-21(30-5)22(31-6)10-16(15)14-26;/h9-12H,7-8,13-14H2,1-6H3,(H,24,25);1H. The zero-order valence-electron chi connectivity index (χ0n) is 19.5. The first-order valence-corrected chi connectivity index (χ1v) is 10.1. The molecule has 176 valence electrons. The predicted octanol–water partition coefficient (Wildman–Crippen LogP) is 3.48. The highest BCUT2D eigenvalue weighted by Crippen LogP contribution is 2.35. The summed E-state index contributed by atoms with van der Waals surface area (Å²) in [7, 11) is 9.99. The summed E-state index contributed by atoms with van der Waals surface area (Å²) in [5.74, 6) is 4.37. The van der Waals surface area contributed by atoms with Crippen LogP contribution in [0.15, 0.2) is 29.3 Å².